The van der Waals surface area contributed by atoms with Crippen molar-refractivity contribution in [1.29, 1.82) is 0 Å². The van der Waals surface area contributed by atoms with Gasteiger partial charge in [-0.05, 0) is 38.5 Å². The van der Waals surface area contributed by atoms with Gasteiger partial charge in [0.1, 0.15) is 23.5 Å². The molecule has 0 saturated carbocycles. The molecule has 1 amide bonds. The highest BCUT2D eigenvalue weighted by molar-refractivity contribution is 6.04. The minimum absolute atomic E-state index is 0.132. The molecule has 0 unspecified atom stereocenters. The van der Waals surface area contributed by atoms with Crippen LogP contribution in [0.3, 0.4) is 0 Å². The summed E-state index contributed by atoms with van der Waals surface area (Å²) in [5.41, 5.74) is 0.704. The zero-order chi connectivity index (χ0) is 18.4. The number of rotatable bonds is 7. The molecular weight excluding hydrogens is 326 g/mol. The standard InChI is InChI=1S/C17H19N3O5/c1-4-24-14-7-12(8-15(9-14)25-5-2)17(21)19-16-11(3)6-13(10-18-16)20(22)23/h6-10H,4-5H2,1-3H3,(H,18,19,21). The van der Waals surface area contributed by atoms with Crippen molar-refractivity contribution in [3.05, 3.63) is 51.7 Å². The van der Waals surface area contributed by atoms with Crippen LogP contribution in [0.15, 0.2) is 30.5 Å². The fourth-order valence-corrected chi connectivity index (χ4v) is 2.17. The topological polar surface area (TPSA) is 104 Å². The molecule has 0 fully saturated rings. The van der Waals surface area contributed by atoms with Crippen molar-refractivity contribution in [2.75, 3.05) is 18.5 Å². The highest BCUT2D eigenvalue weighted by Gasteiger charge is 2.14. The first-order chi connectivity index (χ1) is 11.9. The molecule has 2 rings (SSSR count). The zero-order valence-electron chi connectivity index (χ0n) is 14.2. The Balaban J connectivity index is 2.26. The van der Waals surface area contributed by atoms with E-state index in [1.165, 1.54) is 6.07 Å². The number of hydrogen-bond donors (Lipinski definition) is 1. The van der Waals surface area contributed by atoms with Gasteiger partial charge in [-0.1, -0.05) is 0 Å². The molecule has 0 bridgehead atoms. The van der Waals surface area contributed by atoms with Gasteiger partial charge in [0.2, 0.25) is 0 Å². The van der Waals surface area contributed by atoms with E-state index in [4.69, 9.17) is 9.47 Å². The first-order valence-corrected chi connectivity index (χ1v) is 7.77. The Morgan fingerprint density at radius 2 is 1.76 bits per heavy atom. The smallest absolute Gasteiger partial charge is 0.287 e. The maximum Gasteiger partial charge on any atom is 0.287 e. The van der Waals surface area contributed by atoms with E-state index in [-0.39, 0.29) is 11.5 Å². The summed E-state index contributed by atoms with van der Waals surface area (Å²) in [7, 11) is 0. The quantitative estimate of drug-likeness (QED) is 0.609. The molecule has 1 heterocycles. The second-order valence-electron chi connectivity index (χ2n) is 5.13. The molecule has 8 heteroatoms. The largest absolute Gasteiger partial charge is 0.494 e. The second-order valence-corrected chi connectivity index (χ2v) is 5.13. The number of hydrogen-bond acceptors (Lipinski definition) is 6. The van der Waals surface area contributed by atoms with Crippen LogP contribution in [0.2, 0.25) is 0 Å². The highest BCUT2D eigenvalue weighted by Crippen LogP contribution is 2.25. The SMILES string of the molecule is CCOc1cc(OCC)cc(C(=O)Nc2ncc([N+](=O)[O-])cc2C)c1. The number of aryl methyl sites for hydroxylation is 1. The summed E-state index contributed by atoms with van der Waals surface area (Å²) in [5, 5.41) is 13.4. The van der Waals surface area contributed by atoms with Gasteiger partial charge >= 0.3 is 0 Å². The van der Waals surface area contributed by atoms with Crippen molar-refractivity contribution >= 4 is 17.4 Å². The van der Waals surface area contributed by atoms with Crippen molar-refractivity contribution in [3.63, 3.8) is 0 Å². The molecule has 0 saturated heterocycles. The van der Waals surface area contributed by atoms with E-state index in [1.807, 2.05) is 13.8 Å². The van der Waals surface area contributed by atoms with Crippen LogP contribution in [0, 0.1) is 17.0 Å². The summed E-state index contributed by atoms with van der Waals surface area (Å²) in [6.07, 6.45) is 1.10. The Labute approximate surface area is 144 Å². The summed E-state index contributed by atoms with van der Waals surface area (Å²) in [6, 6.07) is 6.26. The van der Waals surface area contributed by atoms with E-state index in [0.717, 1.165) is 6.20 Å². The van der Waals surface area contributed by atoms with Gasteiger partial charge < -0.3 is 14.8 Å². The Morgan fingerprint density at radius 3 is 2.24 bits per heavy atom. The molecule has 1 aromatic heterocycles. The van der Waals surface area contributed by atoms with Crippen LogP contribution in [0.4, 0.5) is 11.5 Å². The molecule has 0 spiro atoms. The predicted octanol–water partition coefficient (Wildman–Crippen LogP) is 3.35. The molecule has 132 valence electrons. The monoisotopic (exact) mass is 345 g/mol. The number of carbonyl (C=O) groups excluding carboxylic acids is 1. The lowest BCUT2D eigenvalue weighted by Gasteiger charge is -2.11. The van der Waals surface area contributed by atoms with E-state index >= 15 is 0 Å². The Hall–Kier alpha value is -3.16. The number of anilines is 1. The van der Waals surface area contributed by atoms with Gasteiger partial charge in [-0.2, -0.15) is 0 Å². The number of pyridine rings is 1. The molecule has 0 atom stereocenters. The van der Waals surface area contributed by atoms with Crippen LogP contribution < -0.4 is 14.8 Å². The maximum absolute atomic E-state index is 12.5. The first kappa shape index (κ1) is 18.2. The molecule has 8 nitrogen and oxygen atoms in total. The molecule has 0 aliphatic carbocycles. The van der Waals surface area contributed by atoms with Gasteiger partial charge in [0.25, 0.3) is 11.6 Å². The molecular formula is C17H19N3O5. The number of amides is 1. The van der Waals surface area contributed by atoms with Gasteiger partial charge in [-0.15, -0.1) is 0 Å². The van der Waals surface area contributed by atoms with Crippen molar-refractivity contribution in [2.45, 2.75) is 20.8 Å². The fraction of sp³-hybridized carbons (Fsp3) is 0.294. The number of nitro groups is 1. The molecule has 1 aromatic carbocycles. The second kappa shape index (κ2) is 8.09. The summed E-state index contributed by atoms with van der Waals surface area (Å²) >= 11 is 0. The Kier molecular flexibility index (Phi) is 5.89. The molecule has 0 radical (unpaired) electrons. The summed E-state index contributed by atoms with van der Waals surface area (Å²) < 4.78 is 10.9. The van der Waals surface area contributed by atoms with E-state index < -0.39 is 10.8 Å². The Bertz CT molecular complexity index is 768. The molecule has 1 N–H and O–H groups in total. The van der Waals surface area contributed by atoms with Gasteiger partial charge in [0, 0.05) is 17.7 Å². The average molecular weight is 345 g/mol. The van der Waals surface area contributed by atoms with Crippen LogP contribution in [-0.2, 0) is 0 Å². The molecule has 0 aliphatic rings. The third-order valence-corrected chi connectivity index (χ3v) is 3.27. The van der Waals surface area contributed by atoms with E-state index in [1.54, 1.807) is 25.1 Å². The molecule has 25 heavy (non-hydrogen) atoms. The third-order valence-electron chi connectivity index (χ3n) is 3.27. The van der Waals surface area contributed by atoms with Gasteiger partial charge in [0.15, 0.2) is 0 Å². The molecule has 2 aromatic rings. The van der Waals surface area contributed by atoms with Crippen LogP contribution in [-0.4, -0.2) is 29.0 Å². The average Bonchev–Trinajstić information content (AvgIpc) is 2.57. The van der Waals surface area contributed by atoms with Crippen LogP contribution in [0.5, 0.6) is 11.5 Å². The van der Waals surface area contributed by atoms with Gasteiger partial charge in [-0.3, -0.25) is 14.9 Å². The van der Waals surface area contributed by atoms with E-state index in [2.05, 4.69) is 10.3 Å². The maximum atomic E-state index is 12.5. The Morgan fingerprint density at radius 1 is 1.16 bits per heavy atom. The summed E-state index contributed by atoms with van der Waals surface area (Å²) in [5.74, 6) is 0.890. The lowest BCUT2D eigenvalue weighted by molar-refractivity contribution is -0.385. The van der Waals surface area contributed by atoms with Gasteiger partial charge in [-0.25, -0.2) is 4.98 Å². The number of benzene rings is 1. The highest BCUT2D eigenvalue weighted by atomic mass is 16.6. The normalized spacial score (nSPS) is 10.2. The first-order valence-electron chi connectivity index (χ1n) is 7.77. The predicted molar refractivity (Wildman–Crippen MR) is 92.4 cm³/mol. The minimum Gasteiger partial charge on any atom is -0.494 e. The number of nitrogens with one attached hydrogen (secondary N) is 1. The summed E-state index contributed by atoms with van der Waals surface area (Å²) in [4.78, 5) is 26.7. The zero-order valence-corrected chi connectivity index (χ0v) is 14.2. The lowest BCUT2D eigenvalue weighted by atomic mass is 10.1. The number of nitrogens with zero attached hydrogens (tertiary/aromatic N) is 2. The number of ether oxygens (including phenoxy) is 2. The van der Waals surface area contributed by atoms with Crippen LogP contribution in [0.1, 0.15) is 29.8 Å². The number of aromatic nitrogens is 1. The van der Waals surface area contributed by atoms with Crippen LogP contribution >= 0.6 is 0 Å². The third kappa shape index (κ3) is 4.66. The number of carbonyl (C=O) groups is 1. The fourth-order valence-electron chi connectivity index (χ4n) is 2.17. The van der Waals surface area contributed by atoms with Gasteiger partial charge in [0.05, 0.1) is 18.1 Å². The van der Waals surface area contributed by atoms with Crippen molar-refractivity contribution in [2.24, 2.45) is 0 Å². The molecule has 0 aliphatic heterocycles. The summed E-state index contributed by atoms with van der Waals surface area (Å²) in [6.45, 7) is 6.24. The lowest BCUT2D eigenvalue weighted by Crippen LogP contribution is -2.14. The van der Waals surface area contributed by atoms with Crippen molar-refractivity contribution < 1.29 is 19.2 Å². The van der Waals surface area contributed by atoms with E-state index in [0.29, 0.717) is 35.8 Å². The van der Waals surface area contributed by atoms with Crippen molar-refractivity contribution in [1.82, 2.24) is 4.98 Å². The minimum atomic E-state index is -0.536. The van der Waals surface area contributed by atoms with Crippen LogP contribution in [0.25, 0.3) is 0 Å². The van der Waals surface area contributed by atoms with Crippen molar-refractivity contribution in [3.8, 4) is 11.5 Å². The van der Waals surface area contributed by atoms with E-state index in [9.17, 15) is 14.9 Å².